The Morgan fingerprint density at radius 1 is 1.24 bits per heavy atom. The Morgan fingerprint density at radius 2 is 1.90 bits per heavy atom. The minimum Gasteiger partial charge on any atom is -0.444 e. The molecule has 0 bridgehead atoms. The van der Waals surface area contributed by atoms with Gasteiger partial charge in [-0.1, -0.05) is 0 Å². The van der Waals surface area contributed by atoms with Crippen LogP contribution in [-0.4, -0.2) is 52.0 Å². The summed E-state index contributed by atoms with van der Waals surface area (Å²) in [5.74, 6) is -0.344. The maximum absolute atomic E-state index is 14.4. The molecule has 29 heavy (non-hydrogen) atoms. The number of piperidine rings is 1. The van der Waals surface area contributed by atoms with E-state index in [4.69, 9.17) is 4.74 Å². The van der Waals surface area contributed by atoms with Gasteiger partial charge in [0.25, 0.3) is 0 Å². The Bertz CT molecular complexity index is 921. The molecule has 8 heteroatoms. The van der Waals surface area contributed by atoms with Crippen molar-refractivity contribution in [1.82, 2.24) is 15.1 Å². The zero-order chi connectivity index (χ0) is 20.8. The van der Waals surface area contributed by atoms with Crippen molar-refractivity contribution in [3.05, 3.63) is 28.6 Å². The Hall–Kier alpha value is -1.96. The van der Waals surface area contributed by atoms with Crippen LogP contribution in [0.5, 0.6) is 0 Å². The number of nitrogens with zero attached hydrogens (tertiary/aromatic N) is 4. The van der Waals surface area contributed by atoms with E-state index in [2.05, 4.69) is 31.0 Å². The minimum absolute atomic E-state index is 0.153. The molecule has 0 radical (unpaired) electrons. The lowest BCUT2D eigenvalue weighted by Gasteiger charge is -2.40. The molecule has 0 atom stereocenters. The molecule has 2 fully saturated rings. The molecule has 1 saturated carbocycles. The highest BCUT2D eigenvalue weighted by molar-refractivity contribution is 9.10. The smallest absolute Gasteiger partial charge is 0.410 e. The standard InChI is InChI=1S/C21H26BrFN4O2/c1-21(2,3)29-20(28)27(13-4-5-13)14-7-10-26(11-8-14)17-12-16(23)18(22)19-15(17)6-9-24-25-19/h6,9,12-14H,4-5,7-8,10-11H2,1-3H3. The third kappa shape index (κ3) is 4.32. The molecule has 156 valence electrons. The third-order valence-corrected chi connectivity index (χ3v) is 6.18. The summed E-state index contributed by atoms with van der Waals surface area (Å²) in [5, 5.41) is 8.86. The van der Waals surface area contributed by atoms with Crippen molar-refractivity contribution in [3.63, 3.8) is 0 Å². The molecule has 0 unspecified atom stereocenters. The fraction of sp³-hybridized carbons (Fsp3) is 0.571. The average molecular weight is 465 g/mol. The number of amides is 1. The van der Waals surface area contributed by atoms with Crippen LogP contribution in [0.2, 0.25) is 0 Å². The number of ether oxygens (including phenoxy) is 1. The maximum Gasteiger partial charge on any atom is 0.410 e. The van der Waals surface area contributed by atoms with Gasteiger partial charge in [-0.15, -0.1) is 5.10 Å². The molecule has 0 spiro atoms. The highest BCUT2D eigenvalue weighted by atomic mass is 79.9. The van der Waals surface area contributed by atoms with Crippen molar-refractivity contribution in [3.8, 4) is 0 Å². The second kappa shape index (κ2) is 7.70. The number of hydrogen-bond acceptors (Lipinski definition) is 5. The first kappa shape index (κ1) is 20.3. The van der Waals surface area contributed by atoms with E-state index >= 15 is 0 Å². The molecule has 2 aromatic rings. The minimum atomic E-state index is -0.500. The lowest BCUT2D eigenvalue weighted by Crippen LogP contribution is -2.50. The highest BCUT2D eigenvalue weighted by Crippen LogP contribution is 2.37. The second-order valence-corrected chi connectivity index (χ2v) is 9.61. The number of halogens is 2. The molecule has 6 nitrogen and oxygen atoms in total. The number of anilines is 1. The van der Waals surface area contributed by atoms with Crippen LogP contribution >= 0.6 is 15.9 Å². The van der Waals surface area contributed by atoms with Gasteiger partial charge in [0.05, 0.1) is 10.7 Å². The van der Waals surface area contributed by atoms with Crippen LogP contribution in [0.3, 0.4) is 0 Å². The molecule has 1 aliphatic carbocycles. The summed E-state index contributed by atoms with van der Waals surface area (Å²) in [4.78, 5) is 16.9. The summed E-state index contributed by atoms with van der Waals surface area (Å²) in [6, 6.07) is 3.87. The van der Waals surface area contributed by atoms with Crippen LogP contribution in [0.15, 0.2) is 22.8 Å². The number of carbonyl (C=O) groups is 1. The van der Waals surface area contributed by atoms with E-state index in [-0.39, 0.29) is 18.0 Å². The summed E-state index contributed by atoms with van der Waals surface area (Å²) >= 11 is 3.28. The van der Waals surface area contributed by atoms with Gasteiger partial charge in [-0.3, -0.25) is 0 Å². The quantitative estimate of drug-likeness (QED) is 0.646. The summed E-state index contributed by atoms with van der Waals surface area (Å²) in [5.41, 5.74) is 0.849. The van der Waals surface area contributed by atoms with Gasteiger partial charge in [-0.05, 0) is 74.5 Å². The number of rotatable bonds is 3. The van der Waals surface area contributed by atoms with Crippen LogP contribution in [-0.2, 0) is 4.74 Å². The van der Waals surface area contributed by atoms with Crippen molar-refractivity contribution in [1.29, 1.82) is 0 Å². The zero-order valence-corrected chi connectivity index (χ0v) is 18.6. The highest BCUT2D eigenvalue weighted by Gasteiger charge is 2.40. The molecule has 1 amide bonds. The monoisotopic (exact) mass is 464 g/mol. The van der Waals surface area contributed by atoms with Crippen LogP contribution in [0, 0.1) is 5.82 Å². The van der Waals surface area contributed by atoms with E-state index in [0.29, 0.717) is 16.0 Å². The Kier molecular flexibility index (Phi) is 5.40. The first-order chi connectivity index (χ1) is 13.7. The first-order valence-electron chi connectivity index (χ1n) is 10.1. The molecule has 1 aromatic heterocycles. The molecule has 2 aliphatic rings. The third-order valence-electron chi connectivity index (χ3n) is 5.42. The molecule has 4 rings (SSSR count). The summed E-state index contributed by atoms with van der Waals surface area (Å²) in [7, 11) is 0. The van der Waals surface area contributed by atoms with Gasteiger partial charge < -0.3 is 14.5 Å². The van der Waals surface area contributed by atoms with Gasteiger partial charge in [0.2, 0.25) is 0 Å². The number of hydrogen-bond donors (Lipinski definition) is 0. The SMILES string of the molecule is CC(C)(C)OC(=O)N(C1CC1)C1CCN(c2cc(F)c(Br)c3nnccc23)CC1. The number of carbonyl (C=O) groups excluding carboxylic acids is 1. The number of benzene rings is 1. The molecule has 1 aromatic carbocycles. The van der Waals surface area contributed by atoms with Crippen molar-refractivity contribution in [2.24, 2.45) is 0 Å². The maximum atomic E-state index is 14.4. The lowest BCUT2D eigenvalue weighted by atomic mass is 10.0. The van der Waals surface area contributed by atoms with E-state index in [1.165, 1.54) is 0 Å². The molecule has 2 heterocycles. The fourth-order valence-electron chi connectivity index (χ4n) is 3.99. The fourth-order valence-corrected chi connectivity index (χ4v) is 4.39. The van der Waals surface area contributed by atoms with Crippen LogP contribution in [0.4, 0.5) is 14.9 Å². The second-order valence-electron chi connectivity index (χ2n) is 8.82. The lowest BCUT2D eigenvalue weighted by molar-refractivity contribution is 0.0114. The van der Waals surface area contributed by atoms with Gasteiger partial charge in [0, 0.05) is 36.2 Å². The molecule has 1 saturated heterocycles. The van der Waals surface area contributed by atoms with Crippen molar-refractivity contribution >= 4 is 38.6 Å². The number of aromatic nitrogens is 2. The van der Waals surface area contributed by atoms with E-state index in [1.807, 2.05) is 31.7 Å². The summed E-state index contributed by atoms with van der Waals surface area (Å²) in [6.07, 6.45) is 5.15. The van der Waals surface area contributed by atoms with Crippen LogP contribution in [0.1, 0.15) is 46.5 Å². The Morgan fingerprint density at radius 3 is 2.52 bits per heavy atom. The molecule has 0 N–H and O–H groups in total. The van der Waals surface area contributed by atoms with Crippen LogP contribution in [0.25, 0.3) is 10.9 Å². The van der Waals surface area contributed by atoms with Gasteiger partial charge >= 0.3 is 6.09 Å². The van der Waals surface area contributed by atoms with E-state index in [9.17, 15) is 9.18 Å². The van der Waals surface area contributed by atoms with Crippen molar-refractivity contribution < 1.29 is 13.9 Å². The molecular formula is C21H26BrFN4O2. The van der Waals surface area contributed by atoms with Crippen LogP contribution < -0.4 is 4.90 Å². The Labute approximate surface area is 178 Å². The van der Waals surface area contributed by atoms with Gasteiger partial charge in [-0.25, -0.2) is 9.18 Å². The summed E-state index contributed by atoms with van der Waals surface area (Å²) in [6.45, 7) is 7.18. The van der Waals surface area contributed by atoms with Gasteiger partial charge in [0.1, 0.15) is 16.9 Å². The zero-order valence-electron chi connectivity index (χ0n) is 17.0. The predicted molar refractivity (Wildman–Crippen MR) is 114 cm³/mol. The van der Waals surface area contributed by atoms with Crippen molar-refractivity contribution in [2.75, 3.05) is 18.0 Å². The van der Waals surface area contributed by atoms with Crippen molar-refractivity contribution in [2.45, 2.75) is 64.1 Å². The topological polar surface area (TPSA) is 58.6 Å². The van der Waals surface area contributed by atoms with Gasteiger partial charge in [-0.2, -0.15) is 5.10 Å². The molecule has 1 aliphatic heterocycles. The first-order valence-corrected chi connectivity index (χ1v) is 10.9. The van der Waals surface area contributed by atoms with E-state index in [0.717, 1.165) is 49.8 Å². The van der Waals surface area contributed by atoms with E-state index in [1.54, 1.807) is 12.3 Å². The van der Waals surface area contributed by atoms with E-state index < -0.39 is 5.60 Å². The average Bonchev–Trinajstić information content (AvgIpc) is 3.49. The summed E-state index contributed by atoms with van der Waals surface area (Å²) < 4.78 is 20.4. The Balaban J connectivity index is 1.52. The number of fused-ring (bicyclic) bond motifs is 1. The normalized spacial score (nSPS) is 18.2. The van der Waals surface area contributed by atoms with Gasteiger partial charge in [0.15, 0.2) is 0 Å². The largest absolute Gasteiger partial charge is 0.444 e. The predicted octanol–water partition coefficient (Wildman–Crippen LogP) is 4.90. The molecular weight excluding hydrogens is 439 g/mol.